The van der Waals surface area contributed by atoms with Gasteiger partial charge in [0.1, 0.15) is 17.2 Å². The molecule has 0 aliphatic rings. The Labute approximate surface area is 111 Å². The Morgan fingerprint density at radius 1 is 1.22 bits per heavy atom. The van der Waals surface area contributed by atoms with Crippen molar-refractivity contribution in [1.29, 1.82) is 0 Å². The van der Waals surface area contributed by atoms with Gasteiger partial charge in [-0.3, -0.25) is 0 Å². The van der Waals surface area contributed by atoms with Crippen LogP contribution in [0.25, 0.3) is 0 Å². The molecule has 2 N–H and O–H groups in total. The van der Waals surface area contributed by atoms with Crippen molar-refractivity contribution in [1.82, 2.24) is 9.97 Å². The predicted octanol–water partition coefficient (Wildman–Crippen LogP) is 2.39. The Balaban J connectivity index is 2.04. The van der Waals surface area contributed by atoms with Gasteiger partial charge in [0.15, 0.2) is 5.82 Å². The molecule has 0 radical (unpaired) electrons. The summed E-state index contributed by atoms with van der Waals surface area (Å²) in [6.45, 7) is 0.820. The SMILES string of the molecule is CN(CCc1ccccc1)c1ncnc(N)c1Cl. The third-order valence-corrected chi connectivity index (χ3v) is 3.10. The summed E-state index contributed by atoms with van der Waals surface area (Å²) < 4.78 is 0. The van der Waals surface area contributed by atoms with Crippen LogP contribution in [-0.2, 0) is 6.42 Å². The maximum Gasteiger partial charge on any atom is 0.152 e. The molecular weight excluding hydrogens is 248 g/mol. The summed E-state index contributed by atoms with van der Waals surface area (Å²) >= 11 is 6.08. The Morgan fingerprint density at radius 3 is 2.67 bits per heavy atom. The Morgan fingerprint density at radius 2 is 1.94 bits per heavy atom. The number of anilines is 2. The first kappa shape index (κ1) is 12.6. The van der Waals surface area contributed by atoms with E-state index >= 15 is 0 Å². The summed E-state index contributed by atoms with van der Waals surface area (Å²) in [4.78, 5) is 9.98. The number of hydrogen-bond acceptors (Lipinski definition) is 4. The molecule has 0 spiro atoms. The monoisotopic (exact) mass is 262 g/mol. The second-order valence-electron chi connectivity index (χ2n) is 4.05. The lowest BCUT2D eigenvalue weighted by atomic mass is 10.1. The maximum absolute atomic E-state index is 6.08. The normalized spacial score (nSPS) is 10.3. The van der Waals surface area contributed by atoms with Crippen LogP contribution in [0.5, 0.6) is 0 Å². The van der Waals surface area contributed by atoms with E-state index in [-0.39, 0.29) is 0 Å². The molecule has 0 saturated heterocycles. The smallest absolute Gasteiger partial charge is 0.152 e. The number of rotatable bonds is 4. The van der Waals surface area contributed by atoms with E-state index in [2.05, 4.69) is 22.1 Å². The van der Waals surface area contributed by atoms with Crippen LogP contribution in [0.1, 0.15) is 5.56 Å². The second kappa shape index (κ2) is 5.69. The second-order valence-corrected chi connectivity index (χ2v) is 4.43. The molecule has 2 rings (SSSR count). The number of nitrogen functional groups attached to an aromatic ring is 1. The van der Waals surface area contributed by atoms with Crippen molar-refractivity contribution in [2.24, 2.45) is 0 Å². The topological polar surface area (TPSA) is 55.0 Å². The van der Waals surface area contributed by atoms with Crippen LogP contribution in [0, 0.1) is 0 Å². The van der Waals surface area contributed by atoms with E-state index in [1.165, 1.54) is 11.9 Å². The van der Waals surface area contributed by atoms with Crippen LogP contribution in [0.4, 0.5) is 11.6 Å². The lowest BCUT2D eigenvalue weighted by molar-refractivity contribution is 0.856. The summed E-state index contributed by atoms with van der Waals surface area (Å²) in [7, 11) is 1.94. The quantitative estimate of drug-likeness (QED) is 0.919. The molecule has 0 bridgehead atoms. The summed E-state index contributed by atoms with van der Waals surface area (Å²) in [5.41, 5.74) is 6.94. The molecule has 0 aliphatic heterocycles. The van der Waals surface area contributed by atoms with Crippen molar-refractivity contribution in [2.75, 3.05) is 24.2 Å². The molecule has 0 aliphatic carbocycles. The van der Waals surface area contributed by atoms with E-state index in [9.17, 15) is 0 Å². The number of hydrogen-bond donors (Lipinski definition) is 1. The van der Waals surface area contributed by atoms with E-state index in [0.29, 0.717) is 16.7 Å². The highest BCUT2D eigenvalue weighted by Crippen LogP contribution is 2.25. The molecule has 4 nitrogen and oxygen atoms in total. The van der Waals surface area contributed by atoms with Crippen LogP contribution in [0.2, 0.25) is 5.02 Å². The van der Waals surface area contributed by atoms with Crippen molar-refractivity contribution in [2.45, 2.75) is 6.42 Å². The van der Waals surface area contributed by atoms with Gasteiger partial charge in [-0.2, -0.15) is 0 Å². The molecule has 0 saturated carbocycles. The lowest BCUT2D eigenvalue weighted by Crippen LogP contribution is -2.22. The molecule has 0 fully saturated rings. The van der Waals surface area contributed by atoms with Crippen molar-refractivity contribution < 1.29 is 0 Å². The van der Waals surface area contributed by atoms with Gasteiger partial charge in [-0.15, -0.1) is 0 Å². The average molecular weight is 263 g/mol. The Kier molecular flexibility index (Phi) is 3.99. The standard InChI is InChI=1S/C13H15ClN4/c1-18(8-7-10-5-3-2-4-6-10)13-11(14)12(15)16-9-17-13/h2-6,9H,7-8H2,1H3,(H2,15,16,17). The predicted molar refractivity (Wildman–Crippen MR) is 74.9 cm³/mol. The fourth-order valence-electron chi connectivity index (χ4n) is 1.69. The highest BCUT2D eigenvalue weighted by Gasteiger charge is 2.10. The van der Waals surface area contributed by atoms with Crippen LogP contribution < -0.4 is 10.6 Å². The molecule has 2 aromatic rings. The lowest BCUT2D eigenvalue weighted by Gasteiger charge is -2.19. The zero-order valence-corrected chi connectivity index (χ0v) is 10.9. The summed E-state index contributed by atoms with van der Waals surface area (Å²) in [6, 6.07) is 10.3. The molecule has 0 atom stereocenters. The highest BCUT2D eigenvalue weighted by atomic mass is 35.5. The maximum atomic E-state index is 6.08. The highest BCUT2D eigenvalue weighted by molar-refractivity contribution is 6.35. The van der Waals surface area contributed by atoms with E-state index in [0.717, 1.165) is 13.0 Å². The Bertz CT molecular complexity index is 516. The third-order valence-electron chi connectivity index (χ3n) is 2.74. The van der Waals surface area contributed by atoms with Crippen LogP contribution in [0.15, 0.2) is 36.7 Å². The zero-order valence-electron chi connectivity index (χ0n) is 10.2. The number of halogens is 1. The van der Waals surface area contributed by atoms with E-state index in [1.54, 1.807) is 0 Å². The minimum Gasteiger partial charge on any atom is -0.382 e. The molecule has 18 heavy (non-hydrogen) atoms. The molecule has 1 aromatic heterocycles. The first-order valence-electron chi connectivity index (χ1n) is 5.69. The van der Waals surface area contributed by atoms with E-state index in [4.69, 9.17) is 17.3 Å². The van der Waals surface area contributed by atoms with Gasteiger partial charge < -0.3 is 10.6 Å². The number of likely N-dealkylation sites (N-methyl/N-ethyl adjacent to an activating group) is 1. The van der Waals surface area contributed by atoms with Crippen LogP contribution in [-0.4, -0.2) is 23.6 Å². The zero-order chi connectivity index (χ0) is 13.0. The molecular formula is C13H15ClN4. The van der Waals surface area contributed by atoms with Crippen LogP contribution in [0.3, 0.4) is 0 Å². The first-order chi connectivity index (χ1) is 8.68. The van der Waals surface area contributed by atoms with Crippen molar-refractivity contribution in [3.05, 3.63) is 47.2 Å². The molecule has 94 valence electrons. The fourth-order valence-corrected chi connectivity index (χ4v) is 1.93. The molecule has 1 heterocycles. The van der Waals surface area contributed by atoms with Gasteiger partial charge in [0.25, 0.3) is 0 Å². The Hall–Kier alpha value is -1.81. The average Bonchev–Trinajstić information content (AvgIpc) is 2.40. The van der Waals surface area contributed by atoms with Crippen molar-refractivity contribution >= 4 is 23.2 Å². The minimum atomic E-state index is 0.313. The van der Waals surface area contributed by atoms with E-state index in [1.807, 2.05) is 30.1 Å². The van der Waals surface area contributed by atoms with Gasteiger partial charge in [-0.05, 0) is 12.0 Å². The van der Waals surface area contributed by atoms with Gasteiger partial charge in [0, 0.05) is 13.6 Å². The summed E-state index contributed by atoms with van der Waals surface area (Å²) in [5, 5.41) is 0.410. The molecule has 0 amide bonds. The fraction of sp³-hybridized carbons (Fsp3) is 0.231. The number of benzene rings is 1. The first-order valence-corrected chi connectivity index (χ1v) is 6.07. The minimum absolute atomic E-state index is 0.313. The van der Waals surface area contributed by atoms with Gasteiger partial charge in [0.05, 0.1) is 0 Å². The van der Waals surface area contributed by atoms with Gasteiger partial charge in [-0.25, -0.2) is 9.97 Å². The van der Waals surface area contributed by atoms with Gasteiger partial charge in [0.2, 0.25) is 0 Å². The van der Waals surface area contributed by atoms with Crippen molar-refractivity contribution in [3.63, 3.8) is 0 Å². The summed E-state index contributed by atoms with van der Waals surface area (Å²) in [6.07, 6.45) is 2.35. The number of aromatic nitrogens is 2. The largest absolute Gasteiger partial charge is 0.382 e. The molecule has 1 aromatic carbocycles. The van der Waals surface area contributed by atoms with Gasteiger partial charge >= 0.3 is 0 Å². The van der Waals surface area contributed by atoms with Crippen molar-refractivity contribution in [3.8, 4) is 0 Å². The third kappa shape index (κ3) is 2.90. The van der Waals surface area contributed by atoms with Gasteiger partial charge in [-0.1, -0.05) is 41.9 Å². The summed E-state index contributed by atoms with van der Waals surface area (Å²) in [5.74, 6) is 0.980. The molecule has 5 heteroatoms. The van der Waals surface area contributed by atoms with E-state index < -0.39 is 0 Å². The number of nitrogens with two attached hydrogens (primary N) is 1. The van der Waals surface area contributed by atoms with Crippen LogP contribution >= 0.6 is 11.6 Å². The number of nitrogens with zero attached hydrogens (tertiary/aromatic N) is 3. The molecule has 0 unspecified atom stereocenters.